The first-order chi connectivity index (χ1) is 7.88. The summed E-state index contributed by atoms with van der Waals surface area (Å²) in [6, 6.07) is -0.736. The van der Waals surface area contributed by atoms with Crippen LogP contribution in [0.3, 0.4) is 0 Å². The second-order valence-corrected chi connectivity index (χ2v) is 6.08. The summed E-state index contributed by atoms with van der Waals surface area (Å²) in [5.41, 5.74) is 5.53. The Morgan fingerprint density at radius 1 is 1.53 bits per heavy atom. The molecule has 0 saturated carbocycles. The van der Waals surface area contributed by atoms with Gasteiger partial charge in [-0.2, -0.15) is 17.4 Å². The van der Waals surface area contributed by atoms with Crippen LogP contribution in [0.4, 0.5) is 0 Å². The molecule has 1 aliphatic heterocycles. The smallest absolute Gasteiger partial charge is 0.280 e. The molecule has 0 aromatic carbocycles. The van der Waals surface area contributed by atoms with Crippen LogP contribution in [0.2, 0.25) is 0 Å². The van der Waals surface area contributed by atoms with Crippen LogP contribution in [0.1, 0.15) is 33.1 Å². The van der Waals surface area contributed by atoms with Crippen molar-refractivity contribution < 1.29 is 13.6 Å². The van der Waals surface area contributed by atoms with Gasteiger partial charge >= 0.3 is 0 Å². The summed E-state index contributed by atoms with van der Waals surface area (Å²) in [6.07, 6.45) is 2.23. The van der Waals surface area contributed by atoms with Crippen molar-refractivity contribution in [2.45, 2.75) is 45.2 Å². The van der Waals surface area contributed by atoms with Crippen LogP contribution < -0.4 is 10.5 Å². The number of nitrogens with two attached hydrogens (primary N) is 1. The maximum atomic E-state index is 12.0. The van der Waals surface area contributed by atoms with Gasteiger partial charge in [0.1, 0.15) is 0 Å². The second-order valence-electron chi connectivity index (χ2n) is 4.42. The molecule has 7 nitrogen and oxygen atoms in total. The molecule has 1 fully saturated rings. The van der Waals surface area contributed by atoms with Gasteiger partial charge in [-0.1, -0.05) is 11.6 Å². The van der Waals surface area contributed by atoms with E-state index in [0.717, 1.165) is 12.8 Å². The van der Waals surface area contributed by atoms with Gasteiger partial charge in [-0.15, -0.1) is 0 Å². The topological polar surface area (TPSA) is 108 Å². The summed E-state index contributed by atoms with van der Waals surface area (Å²) in [5, 5.41) is 11.6. The average molecular weight is 264 g/mol. The lowest BCUT2D eigenvalue weighted by molar-refractivity contribution is 0.278. The molecular formula is C9H20N4O3S. The highest BCUT2D eigenvalue weighted by Gasteiger charge is 2.34. The molecule has 1 saturated heterocycles. The summed E-state index contributed by atoms with van der Waals surface area (Å²) in [6.45, 7) is 3.89. The number of nitrogens with one attached hydrogen (secondary N) is 1. The van der Waals surface area contributed by atoms with Gasteiger partial charge in [0.05, 0.1) is 6.04 Å². The molecule has 4 N–H and O–H groups in total. The van der Waals surface area contributed by atoms with Crippen LogP contribution in [0.15, 0.2) is 5.16 Å². The highest BCUT2D eigenvalue weighted by atomic mass is 32.2. The molecule has 1 rings (SSSR count). The second kappa shape index (κ2) is 5.65. The van der Waals surface area contributed by atoms with Crippen molar-refractivity contribution in [1.82, 2.24) is 9.03 Å². The lowest BCUT2D eigenvalue weighted by Crippen LogP contribution is -2.55. The lowest BCUT2D eigenvalue weighted by atomic mass is 10.0. The Bertz CT molecular complexity index is 380. The predicted molar refractivity (Wildman–Crippen MR) is 64.9 cm³/mol. The maximum Gasteiger partial charge on any atom is 0.280 e. The van der Waals surface area contributed by atoms with Gasteiger partial charge in [0.2, 0.25) is 0 Å². The summed E-state index contributed by atoms with van der Waals surface area (Å²) in [7, 11) is -3.58. The quantitative estimate of drug-likeness (QED) is 0.283. The first-order valence-electron chi connectivity index (χ1n) is 5.65. The normalized spacial score (nSPS) is 24.2. The standard InChI is InChI=1S/C9H20N4O3S/c1-7(2)12-17(15,16)13-6-4-3-5-8(13)9(10)11-14/h7-8,12,14H,3-6H2,1-2H3,(H2,10,11). The Hall–Kier alpha value is -0.860. The molecule has 0 aliphatic carbocycles. The number of hydrogen-bond donors (Lipinski definition) is 3. The van der Waals surface area contributed by atoms with E-state index in [-0.39, 0.29) is 11.9 Å². The van der Waals surface area contributed by atoms with Gasteiger partial charge in [0.15, 0.2) is 5.84 Å². The predicted octanol–water partition coefficient (Wildman–Crippen LogP) is -0.170. The number of oxime groups is 1. The van der Waals surface area contributed by atoms with Crippen LogP contribution in [0, 0.1) is 0 Å². The molecule has 17 heavy (non-hydrogen) atoms. The monoisotopic (exact) mass is 264 g/mol. The Morgan fingerprint density at radius 2 is 2.18 bits per heavy atom. The third kappa shape index (κ3) is 3.55. The minimum atomic E-state index is -3.58. The van der Waals surface area contributed by atoms with Crippen molar-refractivity contribution in [2.24, 2.45) is 10.9 Å². The van der Waals surface area contributed by atoms with E-state index in [2.05, 4.69) is 9.88 Å². The van der Waals surface area contributed by atoms with Gasteiger partial charge < -0.3 is 10.9 Å². The first kappa shape index (κ1) is 14.2. The molecule has 0 aromatic rings. The molecule has 0 bridgehead atoms. The zero-order valence-corrected chi connectivity index (χ0v) is 10.9. The van der Waals surface area contributed by atoms with E-state index >= 15 is 0 Å². The number of rotatable bonds is 4. The van der Waals surface area contributed by atoms with Crippen molar-refractivity contribution in [3.8, 4) is 0 Å². The van der Waals surface area contributed by atoms with E-state index in [1.807, 2.05) is 0 Å². The van der Waals surface area contributed by atoms with E-state index in [1.54, 1.807) is 13.8 Å². The zero-order valence-electron chi connectivity index (χ0n) is 10.1. The summed E-state index contributed by atoms with van der Waals surface area (Å²) in [4.78, 5) is 0. The molecule has 0 spiro atoms. The van der Waals surface area contributed by atoms with Crippen LogP contribution in [-0.2, 0) is 10.2 Å². The first-order valence-corrected chi connectivity index (χ1v) is 7.09. The van der Waals surface area contributed by atoms with Gasteiger partial charge in [-0.25, -0.2) is 0 Å². The number of hydrogen-bond acceptors (Lipinski definition) is 4. The van der Waals surface area contributed by atoms with Crippen LogP contribution >= 0.6 is 0 Å². The highest BCUT2D eigenvalue weighted by Crippen LogP contribution is 2.20. The van der Waals surface area contributed by atoms with Crippen molar-refractivity contribution in [2.75, 3.05) is 6.54 Å². The van der Waals surface area contributed by atoms with Crippen LogP contribution in [0.5, 0.6) is 0 Å². The van der Waals surface area contributed by atoms with Crippen LogP contribution in [-0.4, -0.2) is 42.4 Å². The van der Waals surface area contributed by atoms with Crippen molar-refractivity contribution in [3.63, 3.8) is 0 Å². The Balaban J connectivity index is 2.92. The number of nitrogens with zero attached hydrogens (tertiary/aromatic N) is 2. The van der Waals surface area contributed by atoms with E-state index in [4.69, 9.17) is 10.9 Å². The van der Waals surface area contributed by atoms with Crippen molar-refractivity contribution in [1.29, 1.82) is 0 Å². The SMILES string of the molecule is CC(C)NS(=O)(=O)N1CCCCC1C(N)=NO. The van der Waals surface area contributed by atoms with E-state index < -0.39 is 16.3 Å². The molecule has 1 atom stereocenters. The maximum absolute atomic E-state index is 12.0. The largest absolute Gasteiger partial charge is 0.409 e. The van der Waals surface area contributed by atoms with E-state index in [9.17, 15) is 8.42 Å². The molecular weight excluding hydrogens is 244 g/mol. The van der Waals surface area contributed by atoms with E-state index in [1.165, 1.54) is 4.31 Å². The fourth-order valence-corrected chi connectivity index (χ4v) is 3.57. The lowest BCUT2D eigenvalue weighted by Gasteiger charge is -2.34. The third-order valence-corrected chi connectivity index (χ3v) is 4.43. The zero-order chi connectivity index (χ0) is 13.1. The molecule has 1 unspecified atom stereocenters. The van der Waals surface area contributed by atoms with Crippen LogP contribution in [0.25, 0.3) is 0 Å². The van der Waals surface area contributed by atoms with Crippen molar-refractivity contribution >= 4 is 16.0 Å². The minimum Gasteiger partial charge on any atom is -0.409 e. The summed E-state index contributed by atoms with van der Waals surface area (Å²) >= 11 is 0. The molecule has 0 radical (unpaired) electrons. The molecule has 1 heterocycles. The van der Waals surface area contributed by atoms with Gasteiger partial charge in [-0.3, -0.25) is 0 Å². The van der Waals surface area contributed by atoms with Gasteiger partial charge in [0.25, 0.3) is 10.2 Å². The fraction of sp³-hybridized carbons (Fsp3) is 0.889. The molecule has 100 valence electrons. The third-order valence-electron chi connectivity index (χ3n) is 2.60. The van der Waals surface area contributed by atoms with Crippen molar-refractivity contribution in [3.05, 3.63) is 0 Å². The average Bonchev–Trinajstić information content (AvgIpc) is 2.26. The molecule has 1 aliphatic rings. The number of piperidine rings is 1. The summed E-state index contributed by atoms with van der Waals surface area (Å²) < 4.78 is 27.9. The fourth-order valence-electron chi connectivity index (χ4n) is 1.92. The van der Waals surface area contributed by atoms with E-state index in [0.29, 0.717) is 13.0 Å². The molecule has 0 amide bonds. The minimum absolute atomic E-state index is 0.0566. The molecule has 0 aromatic heterocycles. The molecule has 8 heteroatoms. The Kier molecular flexibility index (Phi) is 4.72. The van der Waals surface area contributed by atoms with Gasteiger partial charge in [0, 0.05) is 12.6 Å². The Labute approximate surface area is 102 Å². The van der Waals surface area contributed by atoms with Gasteiger partial charge in [-0.05, 0) is 26.7 Å². The highest BCUT2D eigenvalue weighted by molar-refractivity contribution is 7.87. The Morgan fingerprint density at radius 3 is 2.71 bits per heavy atom. The number of amidine groups is 1. The summed E-state index contributed by atoms with van der Waals surface area (Å²) in [5.74, 6) is -0.0566.